The zero-order valence-electron chi connectivity index (χ0n) is 21.1. The highest BCUT2D eigenvalue weighted by Gasteiger charge is 2.17. The average molecular weight is 527 g/mol. The summed E-state index contributed by atoms with van der Waals surface area (Å²) in [7, 11) is 0. The van der Waals surface area contributed by atoms with Crippen molar-refractivity contribution in [3.63, 3.8) is 0 Å². The van der Waals surface area contributed by atoms with E-state index in [1.165, 1.54) is 0 Å². The van der Waals surface area contributed by atoms with Crippen LogP contribution >= 0.6 is 0 Å². The second-order valence-electron chi connectivity index (χ2n) is 8.87. The van der Waals surface area contributed by atoms with E-state index in [2.05, 4.69) is 19.9 Å². The molecule has 10 nitrogen and oxygen atoms in total. The number of hydrogen-bond acceptors (Lipinski definition) is 6. The molecule has 0 aliphatic rings. The van der Waals surface area contributed by atoms with Gasteiger partial charge >= 0.3 is 0 Å². The van der Waals surface area contributed by atoms with Crippen molar-refractivity contribution in [2.24, 2.45) is 0 Å². The summed E-state index contributed by atoms with van der Waals surface area (Å²) in [4.78, 5) is 16.8. The molecule has 0 unspecified atom stereocenters. The van der Waals surface area contributed by atoms with E-state index in [9.17, 15) is 0 Å². The fourth-order valence-electron chi connectivity index (χ4n) is 4.41. The third kappa shape index (κ3) is 4.61. The second-order valence-corrected chi connectivity index (χ2v) is 8.87. The first-order chi connectivity index (χ1) is 19.8. The number of ether oxygens (including phenoxy) is 2. The van der Waals surface area contributed by atoms with Gasteiger partial charge in [-0.3, -0.25) is 0 Å². The molecule has 0 amide bonds. The van der Waals surface area contributed by atoms with Gasteiger partial charge in [0.05, 0.1) is 48.1 Å². The summed E-state index contributed by atoms with van der Waals surface area (Å²) in [6.07, 6.45) is 21.5. The van der Waals surface area contributed by atoms with Crippen molar-refractivity contribution in [3.05, 3.63) is 136 Å². The lowest BCUT2D eigenvalue weighted by Gasteiger charge is -2.19. The van der Waals surface area contributed by atoms with Crippen molar-refractivity contribution in [3.8, 4) is 45.7 Å². The molecule has 40 heavy (non-hydrogen) atoms. The molecule has 0 fully saturated rings. The minimum Gasteiger partial charge on any atom is -0.453 e. The molecule has 0 radical (unpaired) electrons. The average Bonchev–Trinajstić information content (AvgIpc) is 3.82. The predicted molar refractivity (Wildman–Crippen MR) is 148 cm³/mol. The summed E-state index contributed by atoms with van der Waals surface area (Å²) < 4.78 is 20.7. The minimum absolute atomic E-state index is 0.531. The SMILES string of the molecule is c1cc(Oc2cc(-n3ccnc3)c(-n3ccnc3)cc2Oc2cccc(-n3ccnc3)c2)cc(-n2ccnc2)c1. The maximum Gasteiger partial charge on any atom is 0.172 e. The van der Waals surface area contributed by atoms with Crippen LogP contribution in [0.2, 0.25) is 0 Å². The number of hydrogen-bond donors (Lipinski definition) is 0. The molecule has 0 aliphatic heterocycles. The third-order valence-corrected chi connectivity index (χ3v) is 6.30. The largest absolute Gasteiger partial charge is 0.453 e. The van der Waals surface area contributed by atoms with Gasteiger partial charge in [0.1, 0.15) is 11.5 Å². The van der Waals surface area contributed by atoms with Gasteiger partial charge in [-0.25, -0.2) is 19.9 Å². The van der Waals surface area contributed by atoms with Crippen LogP contribution in [0.5, 0.6) is 23.0 Å². The fraction of sp³-hybridized carbons (Fsp3) is 0. The smallest absolute Gasteiger partial charge is 0.172 e. The Labute approximate surface area is 229 Å². The molecular formula is C30H22N8O2. The van der Waals surface area contributed by atoms with Crippen molar-refractivity contribution in [2.75, 3.05) is 0 Å². The minimum atomic E-state index is 0.531. The number of aromatic nitrogens is 8. The highest BCUT2D eigenvalue weighted by molar-refractivity contribution is 5.63. The first kappa shape index (κ1) is 23.2. The highest BCUT2D eigenvalue weighted by Crippen LogP contribution is 2.40. The Hall–Kier alpha value is -5.90. The van der Waals surface area contributed by atoms with E-state index in [0.717, 1.165) is 22.7 Å². The van der Waals surface area contributed by atoms with Gasteiger partial charge in [-0.05, 0) is 24.3 Å². The quantitative estimate of drug-likeness (QED) is 0.241. The molecule has 4 aromatic heterocycles. The van der Waals surface area contributed by atoms with Crippen molar-refractivity contribution >= 4 is 0 Å². The van der Waals surface area contributed by atoms with E-state index in [0.29, 0.717) is 23.0 Å². The number of nitrogens with zero attached hydrogens (tertiary/aromatic N) is 8. The first-order valence-corrected chi connectivity index (χ1v) is 12.5. The van der Waals surface area contributed by atoms with Crippen LogP contribution in [0.4, 0.5) is 0 Å². The lowest BCUT2D eigenvalue weighted by molar-refractivity contribution is 0.418. The van der Waals surface area contributed by atoms with E-state index >= 15 is 0 Å². The molecule has 4 heterocycles. The molecule has 7 rings (SSSR count). The Morgan fingerprint density at radius 3 is 1.23 bits per heavy atom. The Kier molecular flexibility index (Phi) is 5.87. The summed E-state index contributed by atoms with van der Waals surface area (Å²) in [5, 5.41) is 0. The summed E-state index contributed by atoms with van der Waals surface area (Å²) in [5.74, 6) is 2.36. The molecule has 0 bridgehead atoms. The zero-order chi connectivity index (χ0) is 26.7. The van der Waals surface area contributed by atoms with Crippen LogP contribution in [0.1, 0.15) is 0 Å². The van der Waals surface area contributed by atoms with Crippen LogP contribution in [0.25, 0.3) is 22.7 Å². The van der Waals surface area contributed by atoms with Gasteiger partial charge < -0.3 is 27.7 Å². The molecule has 7 aromatic rings. The van der Waals surface area contributed by atoms with E-state index < -0.39 is 0 Å². The molecule has 0 atom stereocenters. The number of imidazole rings is 4. The molecule has 3 aromatic carbocycles. The number of rotatable bonds is 8. The number of benzene rings is 3. The van der Waals surface area contributed by atoms with E-state index in [1.54, 1.807) is 50.1 Å². The van der Waals surface area contributed by atoms with E-state index in [-0.39, 0.29) is 0 Å². The van der Waals surface area contributed by atoms with E-state index in [1.807, 2.05) is 104 Å². The molecule has 0 spiro atoms. The highest BCUT2D eigenvalue weighted by atomic mass is 16.5. The van der Waals surface area contributed by atoms with Gasteiger partial charge in [0.15, 0.2) is 11.5 Å². The van der Waals surface area contributed by atoms with Crippen molar-refractivity contribution in [1.82, 2.24) is 38.2 Å². The summed E-state index contributed by atoms with van der Waals surface area (Å²) in [6.45, 7) is 0. The Morgan fingerprint density at radius 1 is 0.450 bits per heavy atom. The zero-order valence-corrected chi connectivity index (χ0v) is 21.1. The van der Waals surface area contributed by atoms with Crippen LogP contribution in [-0.4, -0.2) is 38.2 Å². The van der Waals surface area contributed by atoms with Gasteiger partial charge in [0.25, 0.3) is 0 Å². The van der Waals surface area contributed by atoms with Crippen LogP contribution in [0, 0.1) is 0 Å². The topological polar surface area (TPSA) is 89.7 Å². The predicted octanol–water partition coefficient (Wildman–Crippen LogP) is 6.01. The second kappa shape index (κ2) is 10.1. The standard InChI is InChI=1S/C30H22N8O2/c1-3-23(35-11-7-31-19-35)15-25(5-1)39-29-17-27(37-13-9-33-21-37)28(38-14-10-34-22-38)18-30(29)40-26-6-2-4-24(16-26)36-12-8-32-20-36/h1-22H. The van der Waals surface area contributed by atoms with Gasteiger partial charge in [-0.15, -0.1) is 0 Å². The Bertz CT molecular complexity index is 1710. The third-order valence-electron chi connectivity index (χ3n) is 6.30. The fourth-order valence-corrected chi connectivity index (χ4v) is 4.41. The Balaban J connectivity index is 1.34. The summed E-state index contributed by atoms with van der Waals surface area (Å²) in [6, 6.07) is 19.5. The van der Waals surface area contributed by atoms with E-state index in [4.69, 9.17) is 9.47 Å². The lowest BCUT2D eigenvalue weighted by Crippen LogP contribution is -2.03. The van der Waals surface area contributed by atoms with Crippen molar-refractivity contribution < 1.29 is 9.47 Å². The maximum atomic E-state index is 6.50. The first-order valence-electron chi connectivity index (χ1n) is 12.5. The normalized spacial score (nSPS) is 11.0. The molecule has 0 saturated carbocycles. The molecule has 194 valence electrons. The maximum absolute atomic E-state index is 6.50. The monoisotopic (exact) mass is 526 g/mol. The molecule has 0 N–H and O–H groups in total. The van der Waals surface area contributed by atoms with Gasteiger partial charge in [0, 0.05) is 73.8 Å². The van der Waals surface area contributed by atoms with Crippen molar-refractivity contribution in [2.45, 2.75) is 0 Å². The molecule has 0 aliphatic carbocycles. The van der Waals surface area contributed by atoms with Gasteiger partial charge in [-0.2, -0.15) is 0 Å². The molecule has 0 saturated heterocycles. The Morgan fingerprint density at radius 2 is 0.850 bits per heavy atom. The summed E-state index contributed by atoms with van der Waals surface area (Å²) >= 11 is 0. The van der Waals surface area contributed by atoms with Crippen molar-refractivity contribution in [1.29, 1.82) is 0 Å². The molecular weight excluding hydrogens is 504 g/mol. The summed E-state index contributed by atoms with van der Waals surface area (Å²) in [5.41, 5.74) is 3.54. The van der Waals surface area contributed by atoms with Crippen LogP contribution in [0.15, 0.2) is 136 Å². The van der Waals surface area contributed by atoms with Crippen LogP contribution in [0.3, 0.4) is 0 Å². The van der Waals surface area contributed by atoms with Crippen LogP contribution < -0.4 is 9.47 Å². The molecule has 10 heteroatoms. The van der Waals surface area contributed by atoms with Gasteiger partial charge in [-0.1, -0.05) is 12.1 Å². The van der Waals surface area contributed by atoms with Gasteiger partial charge in [0.2, 0.25) is 0 Å². The lowest BCUT2D eigenvalue weighted by atomic mass is 10.2. The van der Waals surface area contributed by atoms with Crippen LogP contribution in [-0.2, 0) is 0 Å².